The molecule has 3 rings (SSSR count). The molecule has 0 aliphatic carbocycles. The fraction of sp³-hybridized carbons (Fsp3) is 0.467. The average Bonchev–Trinajstić information content (AvgIpc) is 2.92. The summed E-state index contributed by atoms with van der Waals surface area (Å²) < 4.78 is 5.90. The van der Waals surface area contributed by atoms with E-state index in [-0.39, 0.29) is 37.1 Å². The highest BCUT2D eigenvalue weighted by Gasteiger charge is 2.26. The first-order valence-corrected chi connectivity index (χ1v) is 13.6. The van der Waals surface area contributed by atoms with E-state index >= 15 is 0 Å². The molecule has 0 fully saturated rings. The molecule has 0 spiro atoms. The van der Waals surface area contributed by atoms with E-state index in [1.807, 2.05) is 55.5 Å². The minimum absolute atomic E-state index is 0.0346. The number of rotatable bonds is 4. The summed E-state index contributed by atoms with van der Waals surface area (Å²) in [7, 11) is 1.75. The molecule has 3 N–H and O–H groups in total. The monoisotopic (exact) mass is 536 g/mol. The summed E-state index contributed by atoms with van der Waals surface area (Å²) in [6.45, 7) is 4.60. The van der Waals surface area contributed by atoms with Crippen LogP contribution >= 0.6 is 0 Å². The molecule has 0 saturated heterocycles. The maximum absolute atomic E-state index is 13.3. The molecule has 2 aromatic rings. The zero-order valence-corrected chi connectivity index (χ0v) is 23.1. The number of hydrogen-bond donors (Lipinski definition) is 3. The number of aryl methyl sites for hydroxylation is 2. The van der Waals surface area contributed by atoms with Crippen molar-refractivity contribution in [2.24, 2.45) is 0 Å². The van der Waals surface area contributed by atoms with E-state index in [4.69, 9.17) is 4.74 Å². The average molecular weight is 537 g/mol. The van der Waals surface area contributed by atoms with Crippen molar-refractivity contribution in [3.8, 4) is 5.75 Å². The molecule has 0 saturated carbocycles. The zero-order valence-electron chi connectivity index (χ0n) is 23.1. The van der Waals surface area contributed by atoms with Gasteiger partial charge >= 0.3 is 0 Å². The lowest BCUT2D eigenvalue weighted by molar-refractivity contribution is -0.132. The number of benzene rings is 2. The van der Waals surface area contributed by atoms with E-state index in [0.717, 1.165) is 16.7 Å². The van der Waals surface area contributed by atoms with Crippen LogP contribution < -0.4 is 20.7 Å². The van der Waals surface area contributed by atoms with Gasteiger partial charge < -0.3 is 25.6 Å². The molecule has 0 unspecified atom stereocenters. The van der Waals surface area contributed by atoms with Crippen LogP contribution in [0, 0.1) is 6.92 Å². The smallest absolute Gasteiger partial charge is 0.243 e. The maximum atomic E-state index is 13.3. The number of amides is 4. The number of hydrogen-bond acceptors (Lipinski definition) is 5. The van der Waals surface area contributed by atoms with Gasteiger partial charge in [-0.1, -0.05) is 36.4 Å². The molecule has 0 radical (unpaired) electrons. The van der Waals surface area contributed by atoms with Gasteiger partial charge in [0.25, 0.3) is 0 Å². The summed E-state index contributed by atoms with van der Waals surface area (Å²) in [6.07, 6.45) is 2.60. The zero-order chi connectivity index (χ0) is 28.2. The van der Waals surface area contributed by atoms with Crippen LogP contribution in [0.1, 0.15) is 55.7 Å². The molecule has 210 valence electrons. The molecule has 2 aromatic carbocycles. The Bertz CT molecular complexity index is 1140. The maximum Gasteiger partial charge on any atom is 0.243 e. The third-order valence-corrected chi connectivity index (χ3v) is 6.88. The third kappa shape index (κ3) is 9.74. The van der Waals surface area contributed by atoms with Crippen LogP contribution in [-0.2, 0) is 32.1 Å². The normalized spacial score (nSPS) is 20.0. The minimum atomic E-state index is -0.845. The van der Waals surface area contributed by atoms with Crippen molar-refractivity contribution in [3.05, 3.63) is 65.2 Å². The van der Waals surface area contributed by atoms with E-state index in [2.05, 4.69) is 16.0 Å². The third-order valence-electron chi connectivity index (χ3n) is 6.88. The predicted octanol–water partition coefficient (Wildman–Crippen LogP) is 2.64. The number of ether oxygens (including phenoxy) is 1. The second kappa shape index (κ2) is 14.9. The molecule has 2 atom stereocenters. The minimum Gasteiger partial charge on any atom is -0.494 e. The lowest BCUT2D eigenvalue weighted by atomic mass is 10.0. The Labute approximate surface area is 230 Å². The Morgan fingerprint density at radius 3 is 2.59 bits per heavy atom. The molecular weight excluding hydrogens is 496 g/mol. The Hall–Kier alpha value is -3.88. The molecule has 4 amide bonds. The van der Waals surface area contributed by atoms with Gasteiger partial charge in [-0.15, -0.1) is 0 Å². The van der Waals surface area contributed by atoms with Gasteiger partial charge in [-0.05, 0) is 67.9 Å². The van der Waals surface area contributed by atoms with Crippen LogP contribution in [0.3, 0.4) is 0 Å². The Morgan fingerprint density at radius 1 is 1.08 bits per heavy atom. The highest BCUT2D eigenvalue weighted by Crippen LogP contribution is 2.18. The van der Waals surface area contributed by atoms with Gasteiger partial charge in [0.15, 0.2) is 0 Å². The molecule has 9 nitrogen and oxygen atoms in total. The van der Waals surface area contributed by atoms with Crippen molar-refractivity contribution in [3.63, 3.8) is 0 Å². The fourth-order valence-electron chi connectivity index (χ4n) is 4.51. The predicted molar refractivity (Wildman–Crippen MR) is 149 cm³/mol. The lowest BCUT2D eigenvalue weighted by Crippen LogP contribution is -2.53. The summed E-state index contributed by atoms with van der Waals surface area (Å²) in [4.78, 5) is 52.7. The second-order valence-electron chi connectivity index (χ2n) is 10.1. The number of carbonyl (C=O) groups excluding carboxylic acids is 4. The first kappa shape index (κ1) is 29.7. The van der Waals surface area contributed by atoms with Gasteiger partial charge in [0.2, 0.25) is 23.6 Å². The van der Waals surface area contributed by atoms with Crippen LogP contribution in [-0.4, -0.2) is 60.8 Å². The standard InChI is InChI=1S/C30H40N4O5/c1-21-13-15-25-19-24(21)20-31-29(37)27(16-14-23-9-5-4-6-10-23)33-30(38)26(32-22(2)35)11-7-12-28(36)34(3)17-8-18-39-25/h4-6,9-10,13,15,19,26-27H,7-8,11-12,14,16-18,20H2,1-3H3,(H,31,37)(H,32,35)(H,33,38)/t26-,27-/m0/s1. The van der Waals surface area contributed by atoms with E-state index in [9.17, 15) is 19.2 Å². The van der Waals surface area contributed by atoms with E-state index in [0.29, 0.717) is 44.6 Å². The van der Waals surface area contributed by atoms with Crippen LogP contribution in [0.4, 0.5) is 0 Å². The van der Waals surface area contributed by atoms with Gasteiger partial charge in [0, 0.05) is 33.5 Å². The largest absolute Gasteiger partial charge is 0.494 e. The van der Waals surface area contributed by atoms with Crippen molar-refractivity contribution in [2.45, 2.75) is 71.0 Å². The van der Waals surface area contributed by atoms with E-state index < -0.39 is 18.0 Å². The van der Waals surface area contributed by atoms with Gasteiger partial charge in [0.1, 0.15) is 17.8 Å². The molecule has 9 heteroatoms. The SMILES string of the molecule is CC(=O)N[C@H]1CCCC(=O)N(C)CCCOc2ccc(C)c(c2)CNC(=O)[C@H](CCc2ccccc2)NC1=O. The number of nitrogens with one attached hydrogen (secondary N) is 3. The number of fused-ring (bicyclic) bond motifs is 2. The van der Waals surface area contributed by atoms with Crippen LogP contribution in [0.15, 0.2) is 48.5 Å². The highest BCUT2D eigenvalue weighted by atomic mass is 16.5. The van der Waals surface area contributed by atoms with Crippen LogP contribution in [0.2, 0.25) is 0 Å². The highest BCUT2D eigenvalue weighted by molar-refractivity contribution is 5.91. The molecule has 1 aliphatic rings. The van der Waals surface area contributed by atoms with Crippen LogP contribution in [0.5, 0.6) is 5.75 Å². The first-order chi connectivity index (χ1) is 18.7. The van der Waals surface area contributed by atoms with Gasteiger partial charge in [0.05, 0.1) is 6.61 Å². The van der Waals surface area contributed by atoms with Gasteiger partial charge in [-0.3, -0.25) is 19.2 Å². The molecule has 1 heterocycles. The van der Waals surface area contributed by atoms with Crippen molar-refractivity contribution >= 4 is 23.6 Å². The van der Waals surface area contributed by atoms with Gasteiger partial charge in [-0.25, -0.2) is 0 Å². The number of carbonyl (C=O) groups is 4. The molecule has 39 heavy (non-hydrogen) atoms. The Morgan fingerprint density at radius 2 is 1.85 bits per heavy atom. The Balaban J connectivity index is 1.82. The van der Waals surface area contributed by atoms with E-state index in [1.54, 1.807) is 11.9 Å². The van der Waals surface area contributed by atoms with Crippen molar-refractivity contribution in [1.29, 1.82) is 0 Å². The summed E-state index contributed by atoms with van der Waals surface area (Å²) >= 11 is 0. The second-order valence-corrected chi connectivity index (χ2v) is 10.1. The lowest BCUT2D eigenvalue weighted by Gasteiger charge is -2.23. The van der Waals surface area contributed by atoms with Crippen molar-refractivity contribution in [2.75, 3.05) is 20.2 Å². The van der Waals surface area contributed by atoms with Crippen molar-refractivity contribution in [1.82, 2.24) is 20.9 Å². The summed E-state index contributed by atoms with van der Waals surface area (Å²) in [5.41, 5.74) is 2.97. The summed E-state index contributed by atoms with van der Waals surface area (Å²) in [5.74, 6) is -0.431. The molecule has 0 aromatic heterocycles. The van der Waals surface area contributed by atoms with Crippen LogP contribution in [0.25, 0.3) is 0 Å². The fourth-order valence-corrected chi connectivity index (χ4v) is 4.51. The Kier molecular flexibility index (Phi) is 11.3. The van der Waals surface area contributed by atoms with Gasteiger partial charge in [-0.2, -0.15) is 0 Å². The molecule has 2 bridgehead atoms. The quantitative estimate of drug-likeness (QED) is 0.556. The summed E-state index contributed by atoms with van der Waals surface area (Å²) in [5, 5.41) is 8.52. The first-order valence-electron chi connectivity index (χ1n) is 13.6. The topological polar surface area (TPSA) is 117 Å². The van der Waals surface area contributed by atoms with Crippen molar-refractivity contribution < 1.29 is 23.9 Å². The number of nitrogens with zero attached hydrogens (tertiary/aromatic N) is 1. The van der Waals surface area contributed by atoms with E-state index in [1.165, 1.54) is 6.92 Å². The summed E-state index contributed by atoms with van der Waals surface area (Å²) in [6, 6.07) is 13.8. The molecule has 1 aliphatic heterocycles. The molecular formula is C30H40N4O5.